The first-order valence-corrected chi connectivity index (χ1v) is 6.71. The first-order chi connectivity index (χ1) is 9.27. The van der Waals surface area contributed by atoms with E-state index in [2.05, 4.69) is 15.6 Å². The maximum Gasteiger partial charge on any atom is 0.252 e. The van der Waals surface area contributed by atoms with Gasteiger partial charge >= 0.3 is 0 Å². The summed E-state index contributed by atoms with van der Waals surface area (Å²) < 4.78 is 5.48. The fourth-order valence-electron chi connectivity index (χ4n) is 2.37. The van der Waals surface area contributed by atoms with Gasteiger partial charge in [0.15, 0.2) is 0 Å². The molecule has 1 aliphatic heterocycles. The Bertz CT molecular complexity index is 412. The summed E-state index contributed by atoms with van der Waals surface area (Å²) in [6.45, 7) is 2.23. The van der Waals surface area contributed by atoms with Crippen LogP contribution < -0.4 is 10.6 Å². The largest absolute Gasteiger partial charge is 0.368 e. The highest BCUT2D eigenvalue weighted by Gasteiger charge is 2.39. The summed E-state index contributed by atoms with van der Waals surface area (Å²) in [6, 6.07) is 5.80. The van der Waals surface area contributed by atoms with Crippen molar-refractivity contribution in [3.8, 4) is 0 Å². The predicted octanol–water partition coefficient (Wildman–Crippen LogP) is 1.35. The van der Waals surface area contributed by atoms with Crippen molar-refractivity contribution in [1.82, 2.24) is 15.6 Å². The first kappa shape index (κ1) is 20.1. The molecule has 0 aliphatic carbocycles. The number of carbonyl (C=O) groups excluding carboxylic acids is 1. The number of rotatable bonds is 5. The standard InChI is InChI=1S/C14H21N3O2.2ClH/c1-19-14(6-10-15-11-7-14)13(18)17-9-5-12-4-2-3-8-16-12;;/h2-4,8,15H,5-7,9-11H2,1H3,(H,17,18);2*1H. The van der Waals surface area contributed by atoms with Gasteiger partial charge in [-0.15, -0.1) is 24.8 Å². The van der Waals surface area contributed by atoms with Gasteiger partial charge in [-0.1, -0.05) is 6.07 Å². The van der Waals surface area contributed by atoms with Crippen molar-refractivity contribution in [3.63, 3.8) is 0 Å². The van der Waals surface area contributed by atoms with Gasteiger partial charge in [-0.3, -0.25) is 9.78 Å². The van der Waals surface area contributed by atoms with Crippen LogP contribution in [0.2, 0.25) is 0 Å². The number of aromatic nitrogens is 1. The maximum atomic E-state index is 12.3. The van der Waals surface area contributed by atoms with Crippen LogP contribution in [0.5, 0.6) is 0 Å². The van der Waals surface area contributed by atoms with E-state index >= 15 is 0 Å². The third-order valence-corrected chi connectivity index (χ3v) is 3.61. The molecule has 7 heteroatoms. The van der Waals surface area contributed by atoms with Gasteiger partial charge in [-0.25, -0.2) is 0 Å². The molecule has 120 valence electrons. The third-order valence-electron chi connectivity index (χ3n) is 3.61. The quantitative estimate of drug-likeness (QED) is 0.852. The Morgan fingerprint density at radius 2 is 2.10 bits per heavy atom. The normalized spacial score (nSPS) is 16.2. The molecule has 1 fully saturated rings. The smallest absolute Gasteiger partial charge is 0.252 e. The number of nitrogens with one attached hydrogen (secondary N) is 2. The minimum absolute atomic E-state index is 0. The molecule has 0 unspecified atom stereocenters. The van der Waals surface area contributed by atoms with Gasteiger partial charge in [0.25, 0.3) is 5.91 Å². The van der Waals surface area contributed by atoms with E-state index in [0.717, 1.165) is 38.0 Å². The number of hydrogen-bond donors (Lipinski definition) is 2. The molecule has 2 N–H and O–H groups in total. The Morgan fingerprint density at radius 1 is 1.38 bits per heavy atom. The molecule has 0 spiro atoms. The maximum absolute atomic E-state index is 12.3. The van der Waals surface area contributed by atoms with Gasteiger partial charge in [0.2, 0.25) is 0 Å². The molecule has 1 aromatic rings. The molecule has 2 heterocycles. The van der Waals surface area contributed by atoms with Crippen LogP contribution in [0.25, 0.3) is 0 Å². The number of halogens is 2. The van der Waals surface area contributed by atoms with Crippen LogP contribution in [-0.4, -0.2) is 43.2 Å². The van der Waals surface area contributed by atoms with Gasteiger partial charge in [0.1, 0.15) is 5.60 Å². The summed E-state index contributed by atoms with van der Waals surface area (Å²) in [4.78, 5) is 16.5. The zero-order chi connectivity index (χ0) is 13.6. The lowest BCUT2D eigenvalue weighted by atomic mass is 9.91. The highest BCUT2D eigenvalue weighted by molar-refractivity contribution is 5.86. The Morgan fingerprint density at radius 3 is 2.67 bits per heavy atom. The second-order valence-corrected chi connectivity index (χ2v) is 4.78. The van der Waals surface area contributed by atoms with Crippen molar-refractivity contribution >= 4 is 30.7 Å². The number of pyridine rings is 1. The molecule has 5 nitrogen and oxygen atoms in total. The molecule has 0 bridgehead atoms. The molecule has 1 aliphatic rings. The van der Waals surface area contributed by atoms with E-state index in [1.54, 1.807) is 13.3 Å². The lowest BCUT2D eigenvalue weighted by Crippen LogP contribution is -2.54. The van der Waals surface area contributed by atoms with Gasteiger partial charge < -0.3 is 15.4 Å². The minimum atomic E-state index is -0.657. The number of piperidine rings is 1. The van der Waals surface area contributed by atoms with Crippen LogP contribution in [0.15, 0.2) is 24.4 Å². The molecular formula is C14H23Cl2N3O2. The summed E-state index contributed by atoms with van der Waals surface area (Å²) in [5.41, 5.74) is 0.328. The van der Waals surface area contributed by atoms with Crippen LogP contribution in [-0.2, 0) is 16.0 Å². The fraction of sp³-hybridized carbons (Fsp3) is 0.571. The van der Waals surface area contributed by atoms with Crippen molar-refractivity contribution in [1.29, 1.82) is 0 Å². The SMILES string of the molecule is COC1(C(=O)NCCc2ccccn2)CCNCC1.Cl.Cl. The zero-order valence-corrected chi connectivity index (χ0v) is 13.8. The average molecular weight is 336 g/mol. The van der Waals surface area contributed by atoms with Crippen molar-refractivity contribution in [2.24, 2.45) is 0 Å². The van der Waals surface area contributed by atoms with E-state index < -0.39 is 5.60 Å². The summed E-state index contributed by atoms with van der Waals surface area (Å²) >= 11 is 0. The van der Waals surface area contributed by atoms with E-state index in [-0.39, 0.29) is 30.7 Å². The Kier molecular flexibility index (Phi) is 9.53. The molecule has 1 saturated heterocycles. The molecule has 0 saturated carbocycles. The highest BCUT2D eigenvalue weighted by Crippen LogP contribution is 2.22. The molecule has 0 radical (unpaired) electrons. The summed E-state index contributed by atoms with van der Waals surface area (Å²) in [6.07, 6.45) is 3.95. The Labute approximate surface area is 138 Å². The monoisotopic (exact) mass is 335 g/mol. The molecular weight excluding hydrogens is 313 g/mol. The van der Waals surface area contributed by atoms with E-state index in [1.807, 2.05) is 18.2 Å². The van der Waals surface area contributed by atoms with Crippen molar-refractivity contribution in [2.75, 3.05) is 26.7 Å². The third kappa shape index (κ3) is 5.43. The second-order valence-electron chi connectivity index (χ2n) is 4.78. The van der Waals surface area contributed by atoms with Crippen molar-refractivity contribution in [3.05, 3.63) is 30.1 Å². The van der Waals surface area contributed by atoms with Gasteiger partial charge in [0.05, 0.1) is 0 Å². The molecule has 2 rings (SSSR count). The zero-order valence-electron chi connectivity index (χ0n) is 12.1. The molecule has 0 aromatic carbocycles. The fourth-order valence-corrected chi connectivity index (χ4v) is 2.37. The molecule has 0 atom stereocenters. The number of ether oxygens (including phenoxy) is 1. The van der Waals surface area contributed by atoms with Crippen LogP contribution in [0.4, 0.5) is 0 Å². The number of carbonyl (C=O) groups is 1. The number of amides is 1. The first-order valence-electron chi connectivity index (χ1n) is 6.71. The van der Waals surface area contributed by atoms with Crippen LogP contribution in [0.3, 0.4) is 0 Å². The molecule has 1 amide bonds. The summed E-state index contributed by atoms with van der Waals surface area (Å²) in [5.74, 6) is -0.00701. The average Bonchev–Trinajstić information content (AvgIpc) is 2.49. The van der Waals surface area contributed by atoms with E-state index in [0.29, 0.717) is 6.54 Å². The van der Waals surface area contributed by atoms with E-state index in [1.165, 1.54) is 0 Å². The van der Waals surface area contributed by atoms with E-state index in [4.69, 9.17) is 4.74 Å². The van der Waals surface area contributed by atoms with Crippen LogP contribution in [0, 0.1) is 0 Å². The number of nitrogens with zero attached hydrogens (tertiary/aromatic N) is 1. The van der Waals surface area contributed by atoms with Gasteiger partial charge in [-0.05, 0) is 38.1 Å². The Hall–Kier alpha value is -0.880. The predicted molar refractivity (Wildman–Crippen MR) is 87.3 cm³/mol. The van der Waals surface area contributed by atoms with Crippen molar-refractivity contribution < 1.29 is 9.53 Å². The van der Waals surface area contributed by atoms with Gasteiger partial charge in [-0.2, -0.15) is 0 Å². The Balaban J connectivity index is 0.00000200. The van der Waals surface area contributed by atoms with Gasteiger partial charge in [0, 0.05) is 32.0 Å². The van der Waals surface area contributed by atoms with E-state index in [9.17, 15) is 4.79 Å². The summed E-state index contributed by atoms with van der Waals surface area (Å²) in [7, 11) is 1.61. The molecule has 1 aromatic heterocycles. The topological polar surface area (TPSA) is 63.2 Å². The second kappa shape index (κ2) is 9.95. The molecule has 21 heavy (non-hydrogen) atoms. The lowest BCUT2D eigenvalue weighted by Gasteiger charge is -2.34. The number of hydrogen-bond acceptors (Lipinski definition) is 4. The van der Waals surface area contributed by atoms with Crippen LogP contribution in [0.1, 0.15) is 18.5 Å². The number of methoxy groups -OCH3 is 1. The lowest BCUT2D eigenvalue weighted by molar-refractivity contribution is -0.146. The minimum Gasteiger partial charge on any atom is -0.368 e. The summed E-state index contributed by atoms with van der Waals surface area (Å²) in [5, 5.41) is 6.20. The van der Waals surface area contributed by atoms with Crippen molar-refractivity contribution in [2.45, 2.75) is 24.9 Å². The highest BCUT2D eigenvalue weighted by atomic mass is 35.5. The van der Waals surface area contributed by atoms with Crippen LogP contribution >= 0.6 is 24.8 Å².